The lowest BCUT2D eigenvalue weighted by Gasteiger charge is -2.12. The molecule has 0 aromatic heterocycles. The number of halogens is 1. The molecule has 3 rings (SSSR count). The first kappa shape index (κ1) is 11.1. The molecule has 92 valence electrons. The van der Waals surface area contributed by atoms with Gasteiger partial charge in [0.1, 0.15) is 30.0 Å². The van der Waals surface area contributed by atoms with Gasteiger partial charge in [-0.05, 0) is 30.3 Å². The second-order valence-electron chi connectivity index (χ2n) is 4.32. The lowest BCUT2D eigenvalue weighted by atomic mass is 10.1. The molecule has 2 aromatic rings. The van der Waals surface area contributed by atoms with E-state index in [4.69, 9.17) is 9.47 Å². The highest BCUT2D eigenvalue weighted by atomic mass is 19.1. The van der Waals surface area contributed by atoms with E-state index in [1.54, 1.807) is 6.07 Å². The van der Waals surface area contributed by atoms with Crippen molar-refractivity contribution in [2.75, 3.05) is 6.61 Å². The molecule has 0 amide bonds. The van der Waals surface area contributed by atoms with Crippen LogP contribution in [-0.2, 0) is 6.42 Å². The molecular weight excluding hydrogens is 231 g/mol. The van der Waals surface area contributed by atoms with Crippen LogP contribution < -0.4 is 9.47 Å². The Balaban J connectivity index is 1.61. The summed E-state index contributed by atoms with van der Waals surface area (Å²) in [4.78, 5) is 0. The Hall–Kier alpha value is -2.03. The van der Waals surface area contributed by atoms with Crippen LogP contribution in [0.3, 0.4) is 0 Å². The van der Waals surface area contributed by atoms with E-state index in [1.807, 2.05) is 30.3 Å². The van der Waals surface area contributed by atoms with Crippen LogP contribution in [0.25, 0.3) is 0 Å². The molecule has 2 aromatic carbocycles. The SMILES string of the molecule is Fc1ccc2c(c1)CC(COc1ccccc1)O2. The molecule has 18 heavy (non-hydrogen) atoms. The number of para-hydroxylation sites is 1. The summed E-state index contributed by atoms with van der Waals surface area (Å²) in [7, 11) is 0. The molecule has 1 atom stereocenters. The molecule has 2 nitrogen and oxygen atoms in total. The van der Waals surface area contributed by atoms with Gasteiger partial charge in [-0.2, -0.15) is 0 Å². The number of benzene rings is 2. The molecule has 0 N–H and O–H groups in total. The summed E-state index contributed by atoms with van der Waals surface area (Å²) in [6.07, 6.45) is 0.655. The fourth-order valence-electron chi connectivity index (χ4n) is 2.09. The zero-order chi connectivity index (χ0) is 12.4. The highest BCUT2D eigenvalue weighted by Crippen LogP contribution is 2.29. The maximum absolute atomic E-state index is 13.1. The molecule has 3 heteroatoms. The predicted molar refractivity (Wildman–Crippen MR) is 66.5 cm³/mol. The highest BCUT2D eigenvalue weighted by Gasteiger charge is 2.23. The minimum absolute atomic E-state index is 0.0398. The first-order valence-corrected chi connectivity index (χ1v) is 5.94. The van der Waals surface area contributed by atoms with Crippen molar-refractivity contribution in [2.45, 2.75) is 12.5 Å². The summed E-state index contributed by atoms with van der Waals surface area (Å²) in [6, 6.07) is 14.2. The molecule has 0 spiro atoms. The quantitative estimate of drug-likeness (QED) is 0.825. The van der Waals surface area contributed by atoms with E-state index in [0.29, 0.717) is 13.0 Å². The van der Waals surface area contributed by atoms with Crippen molar-refractivity contribution < 1.29 is 13.9 Å². The van der Waals surface area contributed by atoms with E-state index in [9.17, 15) is 4.39 Å². The van der Waals surface area contributed by atoms with Crippen LogP contribution in [0, 0.1) is 5.82 Å². The standard InChI is InChI=1S/C15H13FO2/c16-12-6-7-15-11(8-12)9-14(18-15)10-17-13-4-2-1-3-5-13/h1-8,14H,9-10H2. The van der Waals surface area contributed by atoms with Gasteiger partial charge in [0.25, 0.3) is 0 Å². The van der Waals surface area contributed by atoms with E-state index in [1.165, 1.54) is 12.1 Å². The van der Waals surface area contributed by atoms with Crippen LogP contribution in [-0.4, -0.2) is 12.7 Å². The van der Waals surface area contributed by atoms with Crippen LogP contribution in [0.2, 0.25) is 0 Å². The number of ether oxygens (including phenoxy) is 2. The van der Waals surface area contributed by atoms with Crippen LogP contribution >= 0.6 is 0 Å². The lowest BCUT2D eigenvalue weighted by Crippen LogP contribution is -2.22. The summed E-state index contributed by atoms with van der Waals surface area (Å²) in [5.41, 5.74) is 0.914. The number of rotatable bonds is 3. The Morgan fingerprint density at radius 1 is 1.17 bits per heavy atom. The second-order valence-corrected chi connectivity index (χ2v) is 4.32. The smallest absolute Gasteiger partial charge is 0.137 e. The van der Waals surface area contributed by atoms with Crippen molar-refractivity contribution >= 4 is 0 Å². The van der Waals surface area contributed by atoms with Crippen LogP contribution in [0.1, 0.15) is 5.56 Å². The highest BCUT2D eigenvalue weighted by molar-refractivity contribution is 5.38. The van der Waals surface area contributed by atoms with Crippen LogP contribution in [0.15, 0.2) is 48.5 Å². The molecule has 0 fully saturated rings. The van der Waals surface area contributed by atoms with Gasteiger partial charge in [0.05, 0.1) is 0 Å². The Morgan fingerprint density at radius 3 is 2.83 bits per heavy atom. The van der Waals surface area contributed by atoms with Crippen molar-refractivity contribution in [3.05, 3.63) is 59.9 Å². The van der Waals surface area contributed by atoms with Crippen molar-refractivity contribution in [1.82, 2.24) is 0 Å². The monoisotopic (exact) mass is 244 g/mol. The van der Waals surface area contributed by atoms with Crippen LogP contribution in [0.4, 0.5) is 4.39 Å². The van der Waals surface area contributed by atoms with Gasteiger partial charge in [-0.1, -0.05) is 18.2 Å². The van der Waals surface area contributed by atoms with Crippen molar-refractivity contribution in [2.24, 2.45) is 0 Å². The fourth-order valence-corrected chi connectivity index (χ4v) is 2.09. The third-order valence-corrected chi connectivity index (χ3v) is 2.94. The molecule has 1 heterocycles. The van der Waals surface area contributed by atoms with Crippen molar-refractivity contribution in [3.63, 3.8) is 0 Å². The first-order valence-electron chi connectivity index (χ1n) is 5.94. The maximum Gasteiger partial charge on any atom is 0.137 e. The van der Waals surface area contributed by atoms with E-state index in [-0.39, 0.29) is 11.9 Å². The molecule has 0 aliphatic carbocycles. The van der Waals surface area contributed by atoms with E-state index >= 15 is 0 Å². The Bertz CT molecular complexity index is 539. The molecule has 0 saturated heterocycles. The molecule has 1 unspecified atom stereocenters. The van der Waals surface area contributed by atoms with Gasteiger partial charge in [0.2, 0.25) is 0 Å². The number of fused-ring (bicyclic) bond motifs is 1. The third kappa shape index (κ3) is 2.30. The summed E-state index contributed by atoms with van der Waals surface area (Å²) >= 11 is 0. The first-order chi connectivity index (χ1) is 8.81. The summed E-state index contributed by atoms with van der Waals surface area (Å²) in [5.74, 6) is 1.36. The molecule has 0 bridgehead atoms. The van der Waals surface area contributed by atoms with E-state index in [2.05, 4.69) is 0 Å². The fraction of sp³-hybridized carbons (Fsp3) is 0.200. The average Bonchev–Trinajstić information content (AvgIpc) is 2.79. The number of hydrogen-bond acceptors (Lipinski definition) is 2. The van der Waals surface area contributed by atoms with Gasteiger partial charge < -0.3 is 9.47 Å². The van der Waals surface area contributed by atoms with Gasteiger partial charge in [-0.3, -0.25) is 0 Å². The minimum Gasteiger partial charge on any atom is -0.490 e. The molecular formula is C15H13FO2. The Morgan fingerprint density at radius 2 is 2.00 bits per heavy atom. The largest absolute Gasteiger partial charge is 0.490 e. The van der Waals surface area contributed by atoms with Gasteiger partial charge >= 0.3 is 0 Å². The van der Waals surface area contributed by atoms with E-state index < -0.39 is 0 Å². The van der Waals surface area contributed by atoms with Gasteiger partial charge in [0.15, 0.2) is 0 Å². The van der Waals surface area contributed by atoms with E-state index in [0.717, 1.165) is 17.1 Å². The van der Waals surface area contributed by atoms with Gasteiger partial charge in [-0.15, -0.1) is 0 Å². The Kier molecular flexibility index (Phi) is 2.89. The minimum atomic E-state index is -0.220. The second kappa shape index (κ2) is 4.69. The summed E-state index contributed by atoms with van der Waals surface area (Å²) in [5, 5.41) is 0. The topological polar surface area (TPSA) is 18.5 Å². The maximum atomic E-state index is 13.1. The van der Waals surface area contributed by atoms with Crippen molar-refractivity contribution in [3.8, 4) is 11.5 Å². The molecule has 1 aliphatic rings. The van der Waals surface area contributed by atoms with Gasteiger partial charge in [-0.25, -0.2) is 4.39 Å². The molecule has 0 saturated carbocycles. The zero-order valence-electron chi connectivity index (χ0n) is 9.80. The lowest BCUT2D eigenvalue weighted by molar-refractivity contribution is 0.148. The molecule has 1 aliphatic heterocycles. The number of hydrogen-bond donors (Lipinski definition) is 0. The summed E-state index contributed by atoms with van der Waals surface area (Å²) < 4.78 is 24.4. The van der Waals surface area contributed by atoms with Crippen LogP contribution in [0.5, 0.6) is 11.5 Å². The summed E-state index contributed by atoms with van der Waals surface area (Å²) in [6.45, 7) is 0.473. The van der Waals surface area contributed by atoms with Crippen molar-refractivity contribution in [1.29, 1.82) is 0 Å². The zero-order valence-corrected chi connectivity index (χ0v) is 9.80. The van der Waals surface area contributed by atoms with Gasteiger partial charge in [0, 0.05) is 12.0 Å². The average molecular weight is 244 g/mol. The molecule has 0 radical (unpaired) electrons. The third-order valence-electron chi connectivity index (χ3n) is 2.94. The predicted octanol–water partition coefficient (Wildman–Crippen LogP) is 3.21. The normalized spacial score (nSPS) is 17.1. The Labute approximate surface area is 105 Å².